The van der Waals surface area contributed by atoms with Crippen LogP contribution in [-0.2, 0) is 0 Å². The molecule has 2 rings (SSSR count). The van der Waals surface area contributed by atoms with Gasteiger partial charge in [-0.2, -0.15) is 0 Å². The average Bonchev–Trinajstić information content (AvgIpc) is 2.47. The Morgan fingerprint density at radius 2 is 2.25 bits per heavy atom. The summed E-state index contributed by atoms with van der Waals surface area (Å²) in [5.41, 5.74) is 7.14. The van der Waals surface area contributed by atoms with Crippen LogP contribution in [0.2, 0.25) is 0 Å². The average molecular weight is 280 g/mol. The maximum atomic E-state index is 13.8. The van der Waals surface area contributed by atoms with Gasteiger partial charge in [0.05, 0.1) is 7.11 Å². The van der Waals surface area contributed by atoms with Gasteiger partial charge in [-0.1, -0.05) is 19.4 Å². The molecule has 3 atom stereocenters. The number of halogens is 1. The third-order valence-corrected chi connectivity index (χ3v) is 4.55. The molecule has 1 aromatic carbocycles. The number of rotatable bonds is 4. The van der Waals surface area contributed by atoms with Crippen molar-refractivity contribution in [2.24, 2.45) is 11.7 Å². The van der Waals surface area contributed by atoms with Crippen molar-refractivity contribution in [3.8, 4) is 5.75 Å². The van der Waals surface area contributed by atoms with Crippen LogP contribution in [0.4, 0.5) is 4.39 Å². The largest absolute Gasteiger partial charge is 0.494 e. The second kappa shape index (κ2) is 6.55. The van der Waals surface area contributed by atoms with E-state index in [-0.39, 0.29) is 11.9 Å². The number of nitrogens with zero attached hydrogens (tertiary/aromatic N) is 1. The molecule has 3 unspecified atom stereocenters. The van der Waals surface area contributed by atoms with E-state index in [1.54, 1.807) is 12.1 Å². The molecule has 0 aliphatic carbocycles. The second-order valence-corrected chi connectivity index (χ2v) is 5.69. The van der Waals surface area contributed by atoms with Crippen LogP contribution in [0.25, 0.3) is 0 Å². The molecule has 2 N–H and O–H groups in total. The summed E-state index contributed by atoms with van der Waals surface area (Å²) in [5, 5.41) is 0. The van der Waals surface area contributed by atoms with Gasteiger partial charge in [0.15, 0.2) is 11.6 Å². The Balaban J connectivity index is 2.11. The van der Waals surface area contributed by atoms with E-state index < -0.39 is 0 Å². The fourth-order valence-corrected chi connectivity index (χ4v) is 3.02. The van der Waals surface area contributed by atoms with E-state index in [9.17, 15) is 4.39 Å². The number of likely N-dealkylation sites (tertiary alicyclic amines) is 1. The Morgan fingerprint density at radius 1 is 1.50 bits per heavy atom. The molecule has 1 aliphatic rings. The molecule has 0 aromatic heterocycles. The number of hydrogen-bond donors (Lipinski definition) is 1. The van der Waals surface area contributed by atoms with E-state index in [1.165, 1.54) is 7.11 Å². The Bertz CT molecular complexity index is 452. The molecular weight excluding hydrogens is 255 g/mol. The number of benzene rings is 1. The monoisotopic (exact) mass is 280 g/mol. The van der Waals surface area contributed by atoms with Gasteiger partial charge < -0.3 is 10.5 Å². The molecule has 0 amide bonds. The van der Waals surface area contributed by atoms with Crippen LogP contribution in [-0.4, -0.2) is 31.1 Å². The Labute approximate surface area is 120 Å². The maximum absolute atomic E-state index is 13.8. The lowest BCUT2D eigenvalue weighted by atomic mass is 9.89. The van der Waals surface area contributed by atoms with E-state index in [1.807, 2.05) is 6.07 Å². The van der Waals surface area contributed by atoms with E-state index in [2.05, 4.69) is 18.7 Å². The van der Waals surface area contributed by atoms with Crippen LogP contribution in [0.15, 0.2) is 18.2 Å². The molecule has 0 radical (unpaired) electrons. The summed E-state index contributed by atoms with van der Waals surface area (Å²) in [7, 11) is 1.49. The first-order valence-corrected chi connectivity index (χ1v) is 7.39. The number of methoxy groups -OCH3 is 1. The zero-order valence-electron chi connectivity index (χ0n) is 12.6. The molecule has 1 aromatic rings. The van der Waals surface area contributed by atoms with Gasteiger partial charge in [0.25, 0.3) is 0 Å². The van der Waals surface area contributed by atoms with Crippen LogP contribution in [0.3, 0.4) is 0 Å². The summed E-state index contributed by atoms with van der Waals surface area (Å²) in [6.45, 7) is 6.29. The minimum atomic E-state index is -0.294. The fraction of sp³-hybridized carbons (Fsp3) is 0.625. The zero-order chi connectivity index (χ0) is 14.7. The van der Waals surface area contributed by atoms with Gasteiger partial charge in [0.1, 0.15) is 0 Å². The van der Waals surface area contributed by atoms with Crippen LogP contribution < -0.4 is 10.5 Å². The predicted octanol–water partition coefficient (Wildman–Crippen LogP) is 2.95. The number of piperidine rings is 1. The number of nitrogens with two attached hydrogens (primary N) is 1. The van der Waals surface area contributed by atoms with Crippen molar-refractivity contribution < 1.29 is 9.13 Å². The van der Waals surface area contributed by atoms with E-state index in [0.717, 1.165) is 31.5 Å². The molecule has 0 saturated carbocycles. The highest BCUT2D eigenvalue weighted by molar-refractivity contribution is 5.30. The van der Waals surface area contributed by atoms with Gasteiger partial charge in [0.2, 0.25) is 0 Å². The highest BCUT2D eigenvalue weighted by Crippen LogP contribution is 2.29. The lowest BCUT2D eigenvalue weighted by Crippen LogP contribution is -2.47. The van der Waals surface area contributed by atoms with Crippen LogP contribution in [0.1, 0.15) is 38.3 Å². The first kappa shape index (κ1) is 15.3. The SMILES string of the molecule is CCC1CN(C(C)c2ccc(OC)c(F)c2)CCC1N. The summed E-state index contributed by atoms with van der Waals surface area (Å²) in [5.74, 6) is 0.542. The second-order valence-electron chi connectivity index (χ2n) is 5.69. The predicted molar refractivity (Wildman–Crippen MR) is 79.3 cm³/mol. The summed E-state index contributed by atoms with van der Waals surface area (Å²) in [6, 6.07) is 5.74. The molecule has 1 heterocycles. The molecule has 1 aliphatic heterocycles. The molecule has 1 saturated heterocycles. The molecule has 4 heteroatoms. The van der Waals surface area contributed by atoms with Crippen molar-refractivity contribution in [2.45, 2.75) is 38.8 Å². The van der Waals surface area contributed by atoms with Gasteiger partial charge in [0, 0.05) is 25.2 Å². The highest BCUT2D eigenvalue weighted by atomic mass is 19.1. The molecule has 1 fully saturated rings. The quantitative estimate of drug-likeness (QED) is 0.921. The van der Waals surface area contributed by atoms with Crippen molar-refractivity contribution in [3.63, 3.8) is 0 Å². The molecule has 20 heavy (non-hydrogen) atoms. The van der Waals surface area contributed by atoms with Gasteiger partial charge in [-0.05, 0) is 37.0 Å². The molecule has 0 spiro atoms. The third kappa shape index (κ3) is 3.13. The first-order chi connectivity index (χ1) is 9.56. The van der Waals surface area contributed by atoms with Crippen molar-refractivity contribution in [2.75, 3.05) is 20.2 Å². The number of hydrogen-bond acceptors (Lipinski definition) is 3. The van der Waals surface area contributed by atoms with Gasteiger partial charge in [-0.15, -0.1) is 0 Å². The van der Waals surface area contributed by atoms with Crippen molar-refractivity contribution in [1.29, 1.82) is 0 Å². The highest BCUT2D eigenvalue weighted by Gasteiger charge is 2.28. The van der Waals surface area contributed by atoms with Crippen LogP contribution >= 0.6 is 0 Å². The smallest absolute Gasteiger partial charge is 0.165 e. The Kier molecular flexibility index (Phi) is 5.00. The van der Waals surface area contributed by atoms with Gasteiger partial charge >= 0.3 is 0 Å². The fourth-order valence-electron chi connectivity index (χ4n) is 3.02. The molecule has 112 valence electrons. The zero-order valence-corrected chi connectivity index (χ0v) is 12.6. The van der Waals surface area contributed by atoms with Crippen LogP contribution in [0.5, 0.6) is 5.75 Å². The van der Waals surface area contributed by atoms with E-state index in [4.69, 9.17) is 10.5 Å². The van der Waals surface area contributed by atoms with E-state index in [0.29, 0.717) is 17.7 Å². The van der Waals surface area contributed by atoms with E-state index >= 15 is 0 Å². The van der Waals surface area contributed by atoms with Crippen molar-refractivity contribution in [3.05, 3.63) is 29.6 Å². The first-order valence-electron chi connectivity index (χ1n) is 7.39. The Morgan fingerprint density at radius 3 is 2.85 bits per heavy atom. The standard InChI is InChI=1S/C16H25FN2O/c1-4-12-10-19(8-7-15(12)18)11(2)13-5-6-16(20-3)14(17)9-13/h5-6,9,11-12,15H,4,7-8,10,18H2,1-3H3. The number of ether oxygens (including phenoxy) is 1. The molecule has 0 bridgehead atoms. The van der Waals surface area contributed by atoms with Gasteiger partial charge in [-0.25, -0.2) is 4.39 Å². The molecule has 3 nitrogen and oxygen atoms in total. The van der Waals surface area contributed by atoms with Crippen molar-refractivity contribution >= 4 is 0 Å². The maximum Gasteiger partial charge on any atom is 0.165 e. The van der Waals surface area contributed by atoms with Crippen LogP contribution in [0, 0.1) is 11.7 Å². The summed E-state index contributed by atoms with van der Waals surface area (Å²) in [6.07, 6.45) is 2.11. The van der Waals surface area contributed by atoms with Gasteiger partial charge in [-0.3, -0.25) is 4.90 Å². The third-order valence-electron chi connectivity index (χ3n) is 4.55. The normalized spacial score (nSPS) is 25.4. The minimum Gasteiger partial charge on any atom is -0.494 e. The van der Waals surface area contributed by atoms with Crippen molar-refractivity contribution in [1.82, 2.24) is 4.90 Å². The summed E-state index contributed by atoms with van der Waals surface area (Å²) in [4.78, 5) is 2.40. The topological polar surface area (TPSA) is 38.5 Å². The lowest BCUT2D eigenvalue weighted by molar-refractivity contribution is 0.114. The molecular formula is C16H25FN2O. The lowest BCUT2D eigenvalue weighted by Gasteiger charge is -2.40. The Hall–Kier alpha value is -1.13. The minimum absolute atomic E-state index is 0.206. The summed E-state index contributed by atoms with van der Waals surface area (Å²) < 4.78 is 18.8. The summed E-state index contributed by atoms with van der Waals surface area (Å²) >= 11 is 0.